The summed E-state index contributed by atoms with van der Waals surface area (Å²) in [6.45, 7) is 8.58. The van der Waals surface area contributed by atoms with E-state index in [0.29, 0.717) is 0 Å². The number of aryl methyl sites for hydroxylation is 1. The molecular weight excluding hydrogens is 164 g/mol. The third kappa shape index (κ3) is 1.69. The van der Waals surface area contributed by atoms with Crippen LogP contribution in [0.1, 0.15) is 32.0 Å². The maximum atomic E-state index is 5.17. The number of hydrogen-bond donors (Lipinski definition) is 0. The van der Waals surface area contributed by atoms with Crippen LogP contribution in [-0.2, 0) is 12.5 Å². The summed E-state index contributed by atoms with van der Waals surface area (Å²) in [5.74, 6) is 0.729. The van der Waals surface area contributed by atoms with Crippen molar-refractivity contribution in [1.29, 1.82) is 0 Å². The van der Waals surface area contributed by atoms with Gasteiger partial charge in [-0.05, 0) is 6.92 Å². The molecule has 0 aliphatic rings. The van der Waals surface area contributed by atoms with Gasteiger partial charge in [0.15, 0.2) is 0 Å². The lowest BCUT2D eigenvalue weighted by Crippen LogP contribution is -2.17. The van der Waals surface area contributed by atoms with Crippen molar-refractivity contribution in [3.8, 4) is 5.88 Å². The van der Waals surface area contributed by atoms with Gasteiger partial charge >= 0.3 is 0 Å². The zero-order valence-electron chi connectivity index (χ0n) is 9.30. The van der Waals surface area contributed by atoms with Crippen molar-refractivity contribution in [3.63, 3.8) is 0 Å². The second kappa shape index (κ2) is 3.05. The van der Waals surface area contributed by atoms with Crippen LogP contribution in [-0.4, -0.2) is 16.9 Å². The van der Waals surface area contributed by atoms with Crippen LogP contribution in [0.2, 0.25) is 0 Å². The summed E-state index contributed by atoms with van der Waals surface area (Å²) >= 11 is 0. The first-order chi connectivity index (χ1) is 5.88. The monoisotopic (exact) mass is 182 g/mol. The van der Waals surface area contributed by atoms with E-state index in [-0.39, 0.29) is 5.41 Å². The molecule has 0 spiro atoms. The highest BCUT2D eigenvalue weighted by Gasteiger charge is 2.23. The highest BCUT2D eigenvalue weighted by molar-refractivity contribution is 5.33. The Labute approximate surface area is 79.7 Å². The Morgan fingerprint density at radius 3 is 2.08 bits per heavy atom. The molecule has 3 nitrogen and oxygen atoms in total. The zero-order valence-corrected chi connectivity index (χ0v) is 9.30. The van der Waals surface area contributed by atoms with Gasteiger partial charge < -0.3 is 4.74 Å². The van der Waals surface area contributed by atoms with Crippen LogP contribution in [0.3, 0.4) is 0 Å². The third-order valence-electron chi connectivity index (χ3n) is 2.14. The maximum absolute atomic E-state index is 5.17. The molecule has 0 atom stereocenters. The minimum atomic E-state index is 0.114. The van der Waals surface area contributed by atoms with Crippen molar-refractivity contribution in [2.75, 3.05) is 7.11 Å². The maximum Gasteiger partial charge on any atom is 0.235 e. The molecule has 0 aromatic carbocycles. The van der Waals surface area contributed by atoms with Gasteiger partial charge in [-0.3, -0.25) is 4.68 Å². The van der Waals surface area contributed by atoms with Crippen LogP contribution in [0, 0.1) is 6.92 Å². The lowest BCUT2D eigenvalue weighted by atomic mass is 9.89. The molecule has 0 aliphatic heterocycles. The molecule has 74 valence electrons. The molecular formula is C10H18N2O. The summed E-state index contributed by atoms with van der Waals surface area (Å²) in [5.41, 5.74) is 2.48. The lowest BCUT2D eigenvalue weighted by Gasteiger charge is -2.19. The fraction of sp³-hybridized carbons (Fsp3) is 0.700. The molecule has 0 N–H and O–H groups in total. The van der Waals surface area contributed by atoms with E-state index in [9.17, 15) is 0 Å². The lowest BCUT2D eigenvalue weighted by molar-refractivity contribution is 0.389. The predicted octanol–water partition coefficient (Wildman–Crippen LogP) is 2.03. The Balaban J connectivity index is 3.29. The van der Waals surface area contributed by atoms with Gasteiger partial charge in [0, 0.05) is 18.0 Å². The molecule has 0 radical (unpaired) electrons. The summed E-state index contributed by atoms with van der Waals surface area (Å²) in [4.78, 5) is 0. The van der Waals surface area contributed by atoms with E-state index in [1.54, 1.807) is 7.11 Å². The molecule has 1 aromatic rings. The van der Waals surface area contributed by atoms with Gasteiger partial charge in [-0.2, -0.15) is 0 Å². The zero-order chi connectivity index (χ0) is 10.2. The molecule has 3 heteroatoms. The number of nitrogens with zero attached hydrogens (tertiary/aromatic N) is 2. The molecule has 0 unspecified atom stereocenters. The minimum Gasteiger partial charge on any atom is -0.480 e. The predicted molar refractivity (Wildman–Crippen MR) is 53.2 cm³/mol. The number of ether oxygens (including phenoxy) is 1. The summed E-state index contributed by atoms with van der Waals surface area (Å²) < 4.78 is 7.07. The molecule has 0 saturated carbocycles. The van der Waals surface area contributed by atoms with Gasteiger partial charge in [-0.15, -0.1) is 5.10 Å². The van der Waals surface area contributed by atoms with Gasteiger partial charge in [0.2, 0.25) is 5.88 Å². The number of methoxy groups -OCH3 is 1. The molecule has 0 amide bonds. The van der Waals surface area contributed by atoms with Gasteiger partial charge in [-0.1, -0.05) is 20.8 Å². The van der Waals surface area contributed by atoms with E-state index in [0.717, 1.165) is 11.4 Å². The molecule has 1 aromatic heterocycles. The summed E-state index contributed by atoms with van der Waals surface area (Å²) in [6.07, 6.45) is 0. The standard InChI is InChI=1S/C10H18N2O/c1-7-8(10(2,3)4)12(5)11-9(7)13-6/h1-6H3. The van der Waals surface area contributed by atoms with Crippen molar-refractivity contribution in [3.05, 3.63) is 11.3 Å². The molecule has 0 saturated heterocycles. The average molecular weight is 182 g/mol. The first-order valence-electron chi connectivity index (χ1n) is 4.46. The first kappa shape index (κ1) is 10.1. The fourth-order valence-corrected chi connectivity index (χ4v) is 1.85. The van der Waals surface area contributed by atoms with Crippen LogP contribution >= 0.6 is 0 Å². The summed E-state index contributed by atoms with van der Waals surface area (Å²) in [7, 11) is 3.61. The summed E-state index contributed by atoms with van der Waals surface area (Å²) in [6, 6.07) is 0. The average Bonchev–Trinajstić information content (AvgIpc) is 2.24. The second-order valence-electron chi connectivity index (χ2n) is 4.36. The largest absolute Gasteiger partial charge is 0.480 e. The van der Waals surface area contributed by atoms with E-state index in [1.165, 1.54) is 5.69 Å². The Hall–Kier alpha value is -0.990. The SMILES string of the molecule is COc1nn(C)c(C(C)(C)C)c1C. The fourth-order valence-electron chi connectivity index (χ4n) is 1.85. The van der Waals surface area contributed by atoms with Crippen molar-refractivity contribution < 1.29 is 4.74 Å². The van der Waals surface area contributed by atoms with Gasteiger partial charge in [0.05, 0.1) is 12.8 Å². The van der Waals surface area contributed by atoms with Crippen molar-refractivity contribution in [2.45, 2.75) is 33.1 Å². The topological polar surface area (TPSA) is 27.1 Å². The van der Waals surface area contributed by atoms with Crippen LogP contribution in [0.4, 0.5) is 0 Å². The van der Waals surface area contributed by atoms with Gasteiger partial charge in [0.25, 0.3) is 0 Å². The minimum absolute atomic E-state index is 0.114. The van der Waals surface area contributed by atoms with E-state index in [1.807, 2.05) is 18.7 Å². The smallest absolute Gasteiger partial charge is 0.235 e. The molecule has 0 aliphatic carbocycles. The molecule has 1 rings (SSSR count). The van der Waals surface area contributed by atoms with E-state index >= 15 is 0 Å². The Kier molecular flexibility index (Phi) is 2.37. The van der Waals surface area contributed by atoms with Crippen LogP contribution in [0.25, 0.3) is 0 Å². The normalized spacial score (nSPS) is 11.8. The first-order valence-corrected chi connectivity index (χ1v) is 4.46. The van der Waals surface area contributed by atoms with Crippen molar-refractivity contribution in [2.24, 2.45) is 7.05 Å². The Morgan fingerprint density at radius 1 is 1.31 bits per heavy atom. The second-order valence-corrected chi connectivity index (χ2v) is 4.36. The number of aromatic nitrogens is 2. The van der Waals surface area contributed by atoms with Crippen LogP contribution in [0.15, 0.2) is 0 Å². The van der Waals surface area contributed by atoms with Gasteiger partial charge in [0.1, 0.15) is 0 Å². The quantitative estimate of drug-likeness (QED) is 0.664. The highest BCUT2D eigenvalue weighted by atomic mass is 16.5. The van der Waals surface area contributed by atoms with Crippen molar-refractivity contribution in [1.82, 2.24) is 9.78 Å². The van der Waals surface area contributed by atoms with Crippen LogP contribution < -0.4 is 4.74 Å². The van der Waals surface area contributed by atoms with E-state index in [4.69, 9.17) is 4.74 Å². The molecule has 0 fully saturated rings. The summed E-state index contributed by atoms with van der Waals surface area (Å²) in [5, 5.41) is 4.29. The highest BCUT2D eigenvalue weighted by Crippen LogP contribution is 2.29. The van der Waals surface area contributed by atoms with E-state index < -0.39 is 0 Å². The Morgan fingerprint density at radius 2 is 1.85 bits per heavy atom. The molecule has 0 bridgehead atoms. The van der Waals surface area contributed by atoms with Crippen molar-refractivity contribution >= 4 is 0 Å². The number of rotatable bonds is 1. The Bertz CT molecular complexity index is 307. The number of hydrogen-bond acceptors (Lipinski definition) is 2. The third-order valence-corrected chi connectivity index (χ3v) is 2.14. The van der Waals surface area contributed by atoms with E-state index in [2.05, 4.69) is 25.9 Å². The molecule has 1 heterocycles. The molecule has 13 heavy (non-hydrogen) atoms. The van der Waals surface area contributed by atoms with Crippen LogP contribution in [0.5, 0.6) is 5.88 Å². The van der Waals surface area contributed by atoms with Gasteiger partial charge in [-0.25, -0.2) is 0 Å².